The van der Waals surface area contributed by atoms with Gasteiger partial charge in [-0.25, -0.2) is 0 Å². The summed E-state index contributed by atoms with van der Waals surface area (Å²) in [5, 5.41) is 7.93. The summed E-state index contributed by atoms with van der Waals surface area (Å²) in [4.78, 5) is 4.13. The Labute approximate surface area is 497 Å². The summed E-state index contributed by atoms with van der Waals surface area (Å²) in [6.07, 6.45) is -9.35. The standard InChI is InChI=1S/C77H43F6N3O2/c78-76(79,80)61-30-13-25-52-54-27-15-33-66(73(54)87-71(52)61)84(46-19-3-1-4-20-46)48-37-40-64-56(41-48)57-42-49(85(47-21-5-2-6-22-47)67-34-16-28-55-53-26-14-31-62(77(81,82)83)72(53)88-74(55)67)43-63-70(57)86(64)65-32-12-11-29-58(65)75(63)59-38-35-44-17-7-9-23-50(44)68(59)69-51-24-10-8-18-45(51)36-39-60(69)75/h1-43H. The Balaban J connectivity index is 0.995. The summed E-state index contributed by atoms with van der Waals surface area (Å²) in [6, 6.07) is 84.5. The van der Waals surface area contributed by atoms with Crippen LogP contribution in [0.1, 0.15) is 33.4 Å². The molecule has 5 nitrogen and oxygen atoms in total. The van der Waals surface area contributed by atoms with Gasteiger partial charge in [-0.3, -0.25) is 0 Å². The number of furan rings is 2. The molecule has 18 rings (SSSR count). The van der Waals surface area contributed by atoms with Crippen LogP contribution in [0.5, 0.6) is 0 Å². The molecule has 0 atom stereocenters. The van der Waals surface area contributed by atoms with Gasteiger partial charge in [0.1, 0.15) is 11.2 Å². The van der Waals surface area contributed by atoms with Crippen molar-refractivity contribution < 1.29 is 35.2 Å². The third-order valence-corrected chi connectivity index (χ3v) is 18.3. The SMILES string of the molecule is FC(F)(F)c1cccc2c1oc1c(N(c3ccccc3)c3ccc4c(c3)c3cc(N(c5ccccc5)c5cccc6c5oc5c(C(F)(F)F)cccc56)cc5c3n4-c3ccccc3C53c4ccc5ccccc5c4-c4c3ccc3ccccc43)cccc12. The van der Waals surface area contributed by atoms with Crippen molar-refractivity contribution in [3.8, 4) is 16.8 Å². The van der Waals surface area contributed by atoms with Gasteiger partial charge in [-0.05, 0) is 140 Å². The maximum absolute atomic E-state index is 15.0. The normalized spacial score (nSPS) is 13.4. The van der Waals surface area contributed by atoms with E-state index < -0.39 is 28.9 Å². The molecule has 2 aliphatic rings. The third kappa shape index (κ3) is 6.83. The van der Waals surface area contributed by atoms with E-state index in [4.69, 9.17) is 8.83 Å². The number of para-hydroxylation sites is 7. The molecular weight excluding hydrogens is 1110 g/mol. The van der Waals surface area contributed by atoms with Gasteiger partial charge in [0.2, 0.25) is 0 Å². The Kier molecular flexibility index (Phi) is 10.3. The van der Waals surface area contributed by atoms with E-state index in [2.05, 4.69) is 137 Å². The zero-order valence-corrected chi connectivity index (χ0v) is 46.3. The fourth-order valence-corrected chi connectivity index (χ4v) is 14.9. The monoisotopic (exact) mass is 1160 g/mol. The summed E-state index contributed by atoms with van der Waals surface area (Å²) < 4.78 is 105. The van der Waals surface area contributed by atoms with Crippen LogP contribution >= 0.6 is 0 Å². The highest BCUT2D eigenvalue weighted by Crippen LogP contribution is 2.64. The molecule has 0 saturated heterocycles. The van der Waals surface area contributed by atoms with Crippen LogP contribution in [-0.4, -0.2) is 4.57 Å². The van der Waals surface area contributed by atoms with Crippen LogP contribution in [0, 0.1) is 0 Å². The maximum Gasteiger partial charge on any atom is 0.420 e. The Morgan fingerprint density at radius 1 is 0.318 bits per heavy atom. The molecular formula is C77H43F6N3O2. The van der Waals surface area contributed by atoms with E-state index in [0.717, 1.165) is 106 Å². The highest BCUT2D eigenvalue weighted by molar-refractivity contribution is 6.20. The third-order valence-electron chi connectivity index (χ3n) is 18.3. The number of aromatic nitrogens is 1. The van der Waals surface area contributed by atoms with Crippen molar-refractivity contribution in [2.45, 2.75) is 17.8 Å². The Morgan fingerprint density at radius 3 is 1.32 bits per heavy atom. The van der Waals surface area contributed by atoms with E-state index in [1.54, 1.807) is 18.2 Å². The number of hydrogen-bond acceptors (Lipinski definition) is 4. The van der Waals surface area contributed by atoms with E-state index >= 15 is 0 Å². The average Bonchev–Trinajstić information content (AvgIpc) is 1.47. The molecule has 1 aliphatic carbocycles. The predicted octanol–water partition coefficient (Wildman–Crippen LogP) is 22.5. The first-order valence-corrected chi connectivity index (χ1v) is 29.0. The molecule has 0 bridgehead atoms. The van der Waals surface area contributed by atoms with E-state index in [1.165, 1.54) is 12.1 Å². The van der Waals surface area contributed by atoms with Gasteiger partial charge in [0.15, 0.2) is 11.2 Å². The minimum absolute atomic E-state index is 0.242. The second kappa shape index (κ2) is 18.0. The topological polar surface area (TPSA) is 37.7 Å². The molecule has 0 radical (unpaired) electrons. The number of rotatable bonds is 6. The van der Waals surface area contributed by atoms with Gasteiger partial charge in [0.25, 0.3) is 0 Å². The van der Waals surface area contributed by atoms with Crippen LogP contribution in [0.15, 0.2) is 270 Å². The minimum atomic E-state index is -4.69. The van der Waals surface area contributed by atoms with Crippen LogP contribution in [0.4, 0.5) is 60.5 Å². The molecule has 3 aromatic heterocycles. The predicted molar refractivity (Wildman–Crippen MR) is 341 cm³/mol. The summed E-state index contributed by atoms with van der Waals surface area (Å²) >= 11 is 0. The van der Waals surface area contributed by atoms with Crippen LogP contribution in [0.25, 0.3) is 104 Å². The lowest BCUT2D eigenvalue weighted by Crippen LogP contribution is -2.33. The number of nitrogens with zero attached hydrogens (tertiary/aromatic N) is 3. The summed E-state index contributed by atoms with van der Waals surface area (Å²) in [5.74, 6) is 0. The van der Waals surface area contributed by atoms with Crippen molar-refractivity contribution in [2.75, 3.05) is 9.80 Å². The van der Waals surface area contributed by atoms with Gasteiger partial charge in [-0.2, -0.15) is 26.3 Å². The highest BCUT2D eigenvalue weighted by atomic mass is 19.4. The molecule has 420 valence electrons. The van der Waals surface area contributed by atoms with Crippen molar-refractivity contribution in [1.82, 2.24) is 4.57 Å². The lowest BCUT2D eigenvalue weighted by molar-refractivity contribution is -0.137. The molecule has 0 saturated carbocycles. The van der Waals surface area contributed by atoms with Gasteiger partial charge in [-0.1, -0.05) is 176 Å². The van der Waals surface area contributed by atoms with Gasteiger partial charge in [0.05, 0.1) is 44.6 Å². The minimum Gasteiger partial charge on any atom is -0.453 e. The lowest BCUT2D eigenvalue weighted by Gasteiger charge is -2.40. The van der Waals surface area contributed by atoms with Crippen molar-refractivity contribution >= 4 is 121 Å². The first-order valence-electron chi connectivity index (χ1n) is 29.0. The molecule has 13 aromatic carbocycles. The summed E-state index contributed by atoms with van der Waals surface area (Å²) in [6.45, 7) is 0. The fraction of sp³-hybridized carbons (Fsp3) is 0.0390. The molecule has 0 N–H and O–H groups in total. The molecule has 4 heterocycles. The van der Waals surface area contributed by atoms with Crippen molar-refractivity contribution in [3.05, 3.63) is 294 Å². The van der Waals surface area contributed by atoms with E-state index in [1.807, 2.05) is 95.9 Å². The average molecular weight is 1160 g/mol. The molecule has 0 fully saturated rings. The highest BCUT2D eigenvalue weighted by Gasteiger charge is 2.52. The van der Waals surface area contributed by atoms with Crippen LogP contribution < -0.4 is 9.80 Å². The fourth-order valence-electron chi connectivity index (χ4n) is 14.9. The van der Waals surface area contributed by atoms with Crippen LogP contribution in [0.3, 0.4) is 0 Å². The maximum atomic E-state index is 15.0. The summed E-state index contributed by atoms with van der Waals surface area (Å²) in [5.41, 5.74) is 10.7. The molecule has 0 amide bonds. The van der Waals surface area contributed by atoms with E-state index in [9.17, 15) is 26.3 Å². The molecule has 0 unspecified atom stereocenters. The Morgan fingerprint density at radius 2 is 0.773 bits per heavy atom. The Bertz CT molecular complexity index is 5560. The molecule has 1 spiro atoms. The van der Waals surface area contributed by atoms with Gasteiger partial charge >= 0.3 is 12.4 Å². The Hall–Kier alpha value is -11.0. The molecule has 1 aliphatic heterocycles. The van der Waals surface area contributed by atoms with E-state index in [-0.39, 0.29) is 22.3 Å². The number of alkyl halides is 6. The number of hydrogen-bond donors (Lipinski definition) is 0. The van der Waals surface area contributed by atoms with Crippen molar-refractivity contribution in [3.63, 3.8) is 0 Å². The molecule has 16 aromatic rings. The largest absolute Gasteiger partial charge is 0.453 e. The lowest BCUT2D eigenvalue weighted by atomic mass is 9.65. The van der Waals surface area contributed by atoms with Crippen LogP contribution in [0.2, 0.25) is 0 Å². The second-order valence-corrected chi connectivity index (χ2v) is 22.8. The van der Waals surface area contributed by atoms with Gasteiger partial charge < -0.3 is 23.2 Å². The van der Waals surface area contributed by atoms with Gasteiger partial charge in [0, 0.05) is 55.1 Å². The van der Waals surface area contributed by atoms with E-state index in [0.29, 0.717) is 44.3 Å². The first kappa shape index (κ1) is 50.3. The first-order chi connectivity index (χ1) is 42.9. The zero-order valence-electron chi connectivity index (χ0n) is 46.3. The number of anilines is 6. The van der Waals surface area contributed by atoms with Gasteiger partial charge in [-0.15, -0.1) is 0 Å². The van der Waals surface area contributed by atoms with Crippen molar-refractivity contribution in [1.29, 1.82) is 0 Å². The quantitative estimate of drug-likeness (QED) is 0.156. The summed E-state index contributed by atoms with van der Waals surface area (Å²) in [7, 11) is 0. The number of halogens is 6. The zero-order chi connectivity index (χ0) is 58.9. The molecule has 88 heavy (non-hydrogen) atoms. The number of benzene rings is 13. The van der Waals surface area contributed by atoms with Crippen molar-refractivity contribution in [2.24, 2.45) is 0 Å². The smallest absolute Gasteiger partial charge is 0.420 e. The van der Waals surface area contributed by atoms with Crippen LogP contribution in [-0.2, 0) is 17.8 Å². The second-order valence-electron chi connectivity index (χ2n) is 22.8. The number of fused-ring (bicyclic) bond motifs is 22. The molecule has 11 heteroatoms.